The van der Waals surface area contributed by atoms with E-state index in [4.69, 9.17) is 28.9 Å². The van der Waals surface area contributed by atoms with E-state index in [9.17, 15) is 4.79 Å². The summed E-state index contributed by atoms with van der Waals surface area (Å²) in [5.74, 6) is 0.0632. The van der Waals surface area contributed by atoms with E-state index in [1.54, 1.807) is 24.1 Å². The standard InChI is InChI=1S/C14H18Cl2N2O/c1-18(13(19)8-14(17)5-2-6-14)9-10-3-4-11(15)7-12(10)16/h3-4,7H,2,5-6,8-9,17H2,1H3. The predicted octanol–water partition coefficient (Wildman–Crippen LogP) is 3.22. The van der Waals surface area contributed by atoms with Crippen LogP contribution in [-0.2, 0) is 11.3 Å². The van der Waals surface area contributed by atoms with Crippen molar-refractivity contribution >= 4 is 29.1 Å². The zero-order valence-corrected chi connectivity index (χ0v) is 12.5. The van der Waals surface area contributed by atoms with Gasteiger partial charge in [-0.3, -0.25) is 4.79 Å². The minimum Gasteiger partial charge on any atom is -0.341 e. The van der Waals surface area contributed by atoms with Crippen LogP contribution in [0.5, 0.6) is 0 Å². The molecule has 0 aliphatic heterocycles. The first-order valence-electron chi connectivity index (χ1n) is 6.36. The van der Waals surface area contributed by atoms with Crippen molar-refractivity contribution in [3.8, 4) is 0 Å². The van der Waals surface area contributed by atoms with E-state index in [-0.39, 0.29) is 11.4 Å². The van der Waals surface area contributed by atoms with Crippen molar-refractivity contribution in [1.29, 1.82) is 0 Å². The molecule has 0 aromatic heterocycles. The molecule has 1 aromatic carbocycles. The Morgan fingerprint density at radius 2 is 2.11 bits per heavy atom. The van der Waals surface area contributed by atoms with Gasteiger partial charge in [0.2, 0.25) is 5.91 Å². The molecule has 2 N–H and O–H groups in total. The summed E-state index contributed by atoms with van der Waals surface area (Å²) in [5, 5.41) is 1.18. The summed E-state index contributed by atoms with van der Waals surface area (Å²) < 4.78 is 0. The number of nitrogens with two attached hydrogens (primary N) is 1. The van der Waals surface area contributed by atoms with Gasteiger partial charge in [0.05, 0.1) is 0 Å². The van der Waals surface area contributed by atoms with Crippen LogP contribution in [0.25, 0.3) is 0 Å². The molecule has 0 unspecified atom stereocenters. The zero-order chi connectivity index (χ0) is 14.0. The van der Waals surface area contributed by atoms with Crippen LogP contribution < -0.4 is 5.73 Å². The number of carbonyl (C=O) groups excluding carboxylic acids is 1. The SMILES string of the molecule is CN(Cc1ccc(Cl)cc1Cl)C(=O)CC1(N)CCC1. The molecular formula is C14H18Cl2N2O. The number of halogens is 2. The fourth-order valence-corrected chi connectivity index (χ4v) is 2.71. The molecule has 1 amide bonds. The average Bonchev–Trinajstić information content (AvgIpc) is 2.30. The van der Waals surface area contributed by atoms with E-state index < -0.39 is 0 Å². The van der Waals surface area contributed by atoms with Crippen molar-refractivity contribution in [2.75, 3.05) is 7.05 Å². The summed E-state index contributed by atoms with van der Waals surface area (Å²) in [6.07, 6.45) is 3.41. The maximum absolute atomic E-state index is 12.1. The molecule has 0 bridgehead atoms. The Bertz CT molecular complexity index is 486. The molecule has 0 radical (unpaired) electrons. The van der Waals surface area contributed by atoms with Gasteiger partial charge in [0.25, 0.3) is 0 Å². The van der Waals surface area contributed by atoms with Gasteiger partial charge in [-0.2, -0.15) is 0 Å². The van der Waals surface area contributed by atoms with Gasteiger partial charge in [0.1, 0.15) is 0 Å². The highest BCUT2D eigenvalue weighted by Gasteiger charge is 2.35. The topological polar surface area (TPSA) is 46.3 Å². The van der Waals surface area contributed by atoms with Crippen LogP contribution in [-0.4, -0.2) is 23.4 Å². The van der Waals surface area contributed by atoms with Gasteiger partial charge < -0.3 is 10.6 Å². The third kappa shape index (κ3) is 3.62. The van der Waals surface area contributed by atoms with Crippen molar-refractivity contribution in [2.45, 2.75) is 37.8 Å². The van der Waals surface area contributed by atoms with Crippen LogP contribution in [0.15, 0.2) is 18.2 Å². The highest BCUT2D eigenvalue weighted by molar-refractivity contribution is 6.35. The second kappa shape index (κ2) is 5.70. The van der Waals surface area contributed by atoms with Crippen LogP contribution >= 0.6 is 23.2 Å². The number of hydrogen-bond donors (Lipinski definition) is 1. The van der Waals surface area contributed by atoms with E-state index >= 15 is 0 Å². The first-order chi connectivity index (χ1) is 8.89. The van der Waals surface area contributed by atoms with E-state index in [2.05, 4.69) is 0 Å². The molecule has 0 heterocycles. The summed E-state index contributed by atoms with van der Waals surface area (Å²) in [6.45, 7) is 0.477. The summed E-state index contributed by atoms with van der Waals surface area (Å²) in [7, 11) is 1.77. The lowest BCUT2D eigenvalue weighted by Crippen LogP contribution is -2.50. The Labute approximate surface area is 123 Å². The maximum atomic E-state index is 12.1. The lowest BCUT2D eigenvalue weighted by molar-refractivity contribution is -0.132. The Balaban J connectivity index is 1.96. The van der Waals surface area contributed by atoms with Crippen LogP contribution in [0.4, 0.5) is 0 Å². The smallest absolute Gasteiger partial charge is 0.224 e. The van der Waals surface area contributed by atoms with Gasteiger partial charge in [0.15, 0.2) is 0 Å². The van der Waals surface area contributed by atoms with E-state index in [0.29, 0.717) is 23.0 Å². The molecule has 0 atom stereocenters. The predicted molar refractivity (Wildman–Crippen MR) is 78.3 cm³/mol. The van der Waals surface area contributed by atoms with Gasteiger partial charge in [-0.05, 0) is 37.0 Å². The highest BCUT2D eigenvalue weighted by atomic mass is 35.5. The van der Waals surface area contributed by atoms with E-state index in [1.165, 1.54) is 0 Å². The molecule has 1 aliphatic rings. The molecule has 1 saturated carbocycles. The molecule has 0 saturated heterocycles. The Kier molecular flexibility index (Phi) is 4.39. The second-order valence-corrected chi connectivity index (χ2v) is 6.22. The van der Waals surface area contributed by atoms with Crippen LogP contribution in [0.1, 0.15) is 31.2 Å². The zero-order valence-electron chi connectivity index (χ0n) is 11.0. The number of benzene rings is 1. The van der Waals surface area contributed by atoms with Crippen LogP contribution in [0.3, 0.4) is 0 Å². The van der Waals surface area contributed by atoms with Crippen molar-refractivity contribution < 1.29 is 4.79 Å². The summed E-state index contributed by atoms with van der Waals surface area (Å²) in [5.41, 5.74) is 6.70. The lowest BCUT2D eigenvalue weighted by Gasteiger charge is -2.38. The summed E-state index contributed by atoms with van der Waals surface area (Å²) in [6, 6.07) is 5.31. The molecule has 1 aliphatic carbocycles. The third-order valence-corrected chi connectivity index (χ3v) is 4.29. The van der Waals surface area contributed by atoms with Crippen molar-refractivity contribution in [3.63, 3.8) is 0 Å². The van der Waals surface area contributed by atoms with Gasteiger partial charge in [-0.15, -0.1) is 0 Å². The number of amides is 1. The van der Waals surface area contributed by atoms with Crippen molar-refractivity contribution in [2.24, 2.45) is 5.73 Å². The van der Waals surface area contributed by atoms with Gasteiger partial charge in [0, 0.05) is 35.6 Å². The normalized spacial score (nSPS) is 16.8. The monoisotopic (exact) mass is 300 g/mol. The molecule has 2 rings (SSSR count). The van der Waals surface area contributed by atoms with E-state index in [0.717, 1.165) is 24.8 Å². The molecule has 5 heteroatoms. The average molecular weight is 301 g/mol. The molecule has 1 aromatic rings. The van der Waals surface area contributed by atoms with Gasteiger partial charge in [-0.1, -0.05) is 29.3 Å². The fraction of sp³-hybridized carbons (Fsp3) is 0.500. The third-order valence-electron chi connectivity index (χ3n) is 3.70. The molecular weight excluding hydrogens is 283 g/mol. The minimum atomic E-state index is -0.283. The number of carbonyl (C=O) groups is 1. The Morgan fingerprint density at radius 1 is 1.42 bits per heavy atom. The molecule has 0 spiro atoms. The first-order valence-corrected chi connectivity index (χ1v) is 7.12. The lowest BCUT2D eigenvalue weighted by atomic mass is 9.75. The van der Waals surface area contributed by atoms with E-state index in [1.807, 2.05) is 6.07 Å². The quantitative estimate of drug-likeness (QED) is 0.928. The Hall–Kier alpha value is -0.770. The van der Waals surface area contributed by atoms with Crippen molar-refractivity contribution in [1.82, 2.24) is 4.90 Å². The molecule has 1 fully saturated rings. The summed E-state index contributed by atoms with van der Waals surface area (Å²) in [4.78, 5) is 13.8. The first kappa shape index (κ1) is 14.6. The minimum absolute atomic E-state index is 0.0632. The molecule has 19 heavy (non-hydrogen) atoms. The number of nitrogens with zero attached hydrogens (tertiary/aromatic N) is 1. The molecule has 3 nitrogen and oxygen atoms in total. The van der Waals surface area contributed by atoms with Crippen LogP contribution in [0.2, 0.25) is 10.0 Å². The van der Waals surface area contributed by atoms with Crippen molar-refractivity contribution in [3.05, 3.63) is 33.8 Å². The Morgan fingerprint density at radius 3 is 2.63 bits per heavy atom. The van der Waals surface area contributed by atoms with Crippen LogP contribution in [0, 0.1) is 0 Å². The number of rotatable bonds is 4. The number of hydrogen-bond acceptors (Lipinski definition) is 2. The molecule has 104 valence electrons. The summed E-state index contributed by atoms with van der Waals surface area (Å²) >= 11 is 12.0. The maximum Gasteiger partial charge on any atom is 0.224 e. The largest absolute Gasteiger partial charge is 0.341 e. The second-order valence-electron chi connectivity index (χ2n) is 5.38. The van der Waals surface area contributed by atoms with Gasteiger partial charge in [-0.25, -0.2) is 0 Å². The van der Waals surface area contributed by atoms with Gasteiger partial charge >= 0.3 is 0 Å². The fourth-order valence-electron chi connectivity index (χ4n) is 2.24. The highest BCUT2D eigenvalue weighted by Crippen LogP contribution is 2.32.